The molecule has 4 aromatic rings. The number of nitrogens with two attached hydrogens (primary N) is 1. The zero-order valence-corrected chi connectivity index (χ0v) is 26.6. The predicted molar refractivity (Wildman–Crippen MR) is 173 cm³/mol. The van der Waals surface area contributed by atoms with Gasteiger partial charge in [0.2, 0.25) is 0 Å². The molecule has 7 rings (SSSR count). The average molecular weight is 617 g/mol. The minimum atomic E-state index is -0.653. The fourth-order valence-corrected chi connectivity index (χ4v) is 7.48. The van der Waals surface area contributed by atoms with Crippen molar-refractivity contribution in [3.8, 4) is 11.4 Å². The number of nitrogens with zero attached hydrogens (tertiary/aromatic N) is 5. The summed E-state index contributed by atoms with van der Waals surface area (Å²) in [7, 11) is 1.62. The first-order valence-corrected chi connectivity index (χ1v) is 16.5. The van der Waals surface area contributed by atoms with E-state index < -0.39 is 6.23 Å². The van der Waals surface area contributed by atoms with Gasteiger partial charge in [-0.2, -0.15) is 5.10 Å². The second kappa shape index (κ2) is 12.1. The van der Waals surface area contributed by atoms with Crippen molar-refractivity contribution in [3.05, 3.63) is 59.0 Å². The number of amides is 1. The number of pyridine rings is 1. The molecule has 0 bridgehead atoms. The van der Waals surface area contributed by atoms with Crippen molar-refractivity contribution in [1.82, 2.24) is 24.0 Å². The topological polar surface area (TPSA) is 101 Å². The number of benzene rings is 1. The van der Waals surface area contributed by atoms with Gasteiger partial charge < -0.3 is 25.0 Å². The van der Waals surface area contributed by atoms with Crippen molar-refractivity contribution in [3.63, 3.8) is 0 Å². The number of aliphatic hydroxyl groups is 1. The molecule has 3 atom stereocenters. The zero-order chi connectivity index (χ0) is 31.4. The third kappa shape index (κ3) is 5.78. The maximum absolute atomic E-state index is 15.2. The summed E-state index contributed by atoms with van der Waals surface area (Å²) in [4.78, 5) is 17.3. The normalized spacial score (nSPS) is 21.6. The molecule has 3 fully saturated rings. The van der Waals surface area contributed by atoms with Gasteiger partial charge in [-0.3, -0.25) is 9.69 Å². The molecule has 5 heterocycles. The van der Waals surface area contributed by atoms with Crippen molar-refractivity contribution < 1.29 is 19.0 Å². The van der Waals surface area contributed by atoms with Crippen LogP contribution in [0.1, 0.15) is 72.9 Å². The minimum absolute atomic E-state index is 0.0139. The molecule has 3 aliphatic rings. The van der Waals surface area contributed by atoms with Crippen LogP contribution < -0.4 is 5.73 Å². The molecular weight excluding hydrogens is 571 g/mol. The molecule has 9 nitrogen and oxygen atoms in total. The van der Waals surface area contributed by atoms with Crippen molar-refractivity contribution in [2.75, 3.05) is 33.3 Å². The van der Waals surface area contributed by atoms with E-state index in [1.165, 1.54) is 12.8 Å². The van der Waals surface area contributed by atoms with Crippen molar-refractivity contribution >= 4 is 22.3 Å². The van der Waals surface area contributed by atoms with Crippen molar-refractivity contribution in [2.45, 2.75) is 83.2 Å². The van der Waals surface area contributed by atoms with Gasteiger partial charge in [0, 0.05) is 63.0 Å². The third-order valence-electron chi connectivity index (χ3n) is 10.4. The number of hydrogen-bond donors (Lipinski definition) is 2. The number of ether oxygens (including phenoxy) is 1. The van der Waals surface area contributed by atoms with Gasteiger partial charge in [-0.15, -0.1) is 0 Å². The number of aromatic nitrogens is 3. The molecule has 240 valence electrons. The molecule has 1 aromatic carbocycles. The summed E-state index contributed by atoms with van der Waals surface area (Å²) >= 11 is 0. The first kappa shape index (κ1) is 30.3. The van der Waals surface area contributed by atoms with Gasteiger partial charge in [0.05, 0.1) is 28.4 Å². The molecule has 0 radical (unpaired) electrons. The number of aliphatic hydroxyl groups excluding tert-OH is 1. The number of hydrogen-bond acceptors (Lipinski definition) is 6. The largest absolute Gasteiger partial charge is 0.378 e. The van der Waals surface area contributed by atoms with Gasteiger partial charge in [0.1, 0.15) is 17.7 Å². The molecule has 1 aliphatic carbocycles. The van der Waals surface area contributed by atoms with Gasteiger partial charge in [-0.25, -0.2) is 8.91 Å². The Kier molecular flexibility index (Phi) is 8.18. The van der Waals surface area contributed by atoms with Crippen LogP contribution in [0.15, 0.2) is 36.5 Å². The quantitative estimate of drug-likeness (QED) is 0.292. The summed E-state index contributed by atoms with van der Waals surface area (Å²) in [6.45, 7) is 7.57. The Morgan fingerprint density at radius 2 is 1.91 bits per heavy atom. The monoisotopic (exact) mass is 616 g/mol. The van der Waals surface area contributed by atoms with Gasteiger partial charge in [-0.1, -0.05) is 0 Å². The molecule has 2 saturated heterocycles. The summed E-state index contributed by atoms with van der Waals surface area (Å²) < 4.78 is 24.8. The van der Waals surface area contributed by atoms with E-state index >= 15 is 4.39 Å². The van der Waals surface area contributed by atoms with Crippen LogP contribution in [0, 0.1) is 18.7 Å². The average Bonchev–Trinajstić information content (AvgIpc) is 3.72. The lowest BCUT2D eigenvalue weighted by Crippen LogP contribution is -2.46. The maximum atomic E-state index is 15.2. The molecule has 1 saturated carbocycles. The highest BCUT2D eigenvalue weighted by molar-refractivity contribution is 5.95. The second-order valence-corrected chi connectivity index (χ2v) is 13.6. The molecule has 2 aliphatic heterocycles. The highest BCUT2D eigenvalue weighted by Gasteiger charge is 2.32. The summed E-state index contributed by atoms with van der Waals surface area (Å²) in [6.07, 6.45) is 6.83. The van der Waals surface area contributed by atoms with E-state index in [0.717, 1.165) is 90.8 Å². The summed E-state index contributed by atoms with van der Waals surface area (Å²) in [5.41, 5.74) is 12.7. The number of carbonyl (C=O) groups excluding carboxylic acids is 1. The van der Waals surface area contributed by atoms with Crippen LogP contribution in [0.2, 0.25) is 0 Å². The highest BCUT2D eigenvalue weighted by Crippen LogP contribution is 2.41. The number of rotatable bonds is 8. The standard InChI is InChI=1S/C35H45FN6O3/c1-21-30-9-8-25(35(44)40-12-4-5-28(37)20-40)19-42(30)38-32(21)31-16-26-15-27(36)17-29(33(26)41(31)18-23-6-7-23)24-10-13-39(14-11-24)34(43)22(2)45-3/h8-9,15-17,19,22-24,28,34,43H,4-7,10-14,18,20,37H2,1-3H3/t22-,28+,34?/m0/s1. The Bertz CT molecular complexity index is 1720. The number of aryl methyl sites for hydroxylation is 1. The molecule has 3 aromatic heterocycles. The highest BCUT2D eigenvalue weighted by atomic mass is 19.1. The lowest BCUT2D eigenvalue weighted by atomic mass is 9.88. The molecular formula is C35H45FN6O3. The first-order chi connectivity index (χ1) is 21.7. The summed E-state index contributed by atoms with van der Waals surface area (Å²) in [6, 6.07) is 9.36. The Morgan fingerprint density at radius 3 is 2.62 bits per heavy atom. The SMILES string of the molecule is CO[C@@H](C)C(O)N1CCC(c2cc(F)cc3cc(-c4nn5cc(C(=O)N6CCC[C@@H](N)C6)ccc5c4C)n(CC4CC4)c23)CC1. The second-order valence-electron chi connectivity index (χ2n) is 13.6. The smallest absolute Gasteiger partial charge is 0.255 e. The number of methoxy groups -OCH3 is 1. The van der Waals surface area contributed by atoms with Crippen LogP contribution in [0.4, 0.5) is 4.39 Å². The van der Waals surface area contributed by atoms with Crippen molar-refractivity contribution in [1.29, 1.82) is 0 Å². The maximum Gasteiger partial charge on any atom is 0.255 e. The lowest BCUT2D eigenvalue weighted by molar-refractivity contribution is -0.0976. The summed E-state index contributed by atoms with van der Waals surface area (Å²) in [5, 5.41) is 16.6. The zero-order valence-electron chi connectivity index (χ0n) is 26.6. The fraction of sp³-hybridized carbons (Fsp3) is 0.543. The van der Waals surface area contributed by atoms with Gasteiger partial charge >= 0.3 is 0 Å². The predicted octanol–water partition coefficient (Wildman–Crippen LogP) is 4.91. The number of halogens is 1. The van der Waals surface area contributed by atoms with Crippen LogP contribution in [0.3, 0.4) is 0 Å². The summed E-state index contributed by atoms with van der Waals surface area (Å²) in [5.74, 6) is 0.543. The molecule has 45 heavy (non-hydrogen) atoms. The molecule has 0 spiro atoms. The van der Waals surface area contributed by atoms with Crippen LogP contribution in [0.5, 0.6) is 0 Å². The Balaban J connectivity index is 1.26. The fourth-order valence-electron chi connectivity index (χ4n) is 7.48. The van der Waals surface area contributed by atoms with E-state index in [2.05, 4.69) is 22.5 Å². The van der Waals surface area contributed by atoms with E-state index in [0.29, 0.717) is 18.0 Å². The van der Waals surface area contributed by atoms with Gasteiger partial charge in [0.25, 0.3) is 5.91 Å². The van der Waals surface area contributed by atoms with Gasteiger partial charge in [0.15, 0.2) is 0 Å². The number of likely N-dealkylation sites (tertiary alicyclic amines) is 2. The Morgan fingerprint density at radius 1 is 1.13 bits per heavy atom. The molecule has 3 N–H and O–H groups in total. The van der Waals surface area contributed by atoms with Crippen molar-refractivity contribution in [2.24, 2.45) is 11.7 Å². The number of carbonyl (C=O) groups is 1. The Labute approximate surface area is 263 Å². The van der Waals surface area contributed by atoms with Gasteiger partial charge in [-0.05, 0) is 100 Å². The van der Waals surface area contributed by atoms with E-state index in [1.807, 2.05) is 34.7 Å². The third-order valence-corrected chi connectivity index (χ3v) is 10.4. The Hall–Kier alpha value is -3.31. The lowest BCUT2D eigenvalue weighted by Gasteiger charge is -2.37. The van der Waals surface area contributed by atoms with E-state index in [4.69, 9.17) is 15.6 Å². The van der Waals surface area contributed by atoms with E-state index in [1.54, 1.807) is 19.2 Å². The number of piperidine rings is 2. The number of fused-ring (bicyclic) bond motifs is 2. The van der Waals surface area contributed by atoms with Crippen LogP contribution >= 0.6 is 0 Å². The molecule has 1 unspecified atom stereocenters. The first-order valence-electron chi connectivity index (χ1n) is 16.5. The molecule has 1 amide bonds. The van der Waals surface area contributed by atoms with E-state index in [-0.39, 0.29) is 29.8 Å². The molecule has 10 heteroatoms. The van der Waals surface area contributed by atoms with Crippen LogP contribution in [0.25, 0.3) is 27.8 Å². The minimum Gasteiger partial charge on any atom is -0.378 e. The van der Waals surface area contributed by atoms with E-state index in [9.17, 15) is 9.90 Å². The van der Waals surface area contributed by atoms with Crippen LogP contribution in [-0.2, 0) is 11.3 Å². The van der Waals surface area contributed by atoms with Crippen LogP contribution in [-0.4, -0.2) is 86.7 Å².